The van der Waals surface area contributed by atoms with Crippen molar-refractivity contribution < 1.29 is 47.8 Å². The van der Waals surface area contributed by atoms with Crippen molar-refractivity contribution in [1.29, 1.82) is 0 Å². The Morgan fingerprint density at radius 1 is 0.525 bits per heavy atom. The maximum absolute atomic E-state index is 14.9. The number of hydrogen-bond donors (Lipinski definition) is 8. The highest BCUT2D eigenvalue weighted by Crippen LogP contribution is 2.36. The van der Waals surface area contributed by atoms with Crippen LogP contribution in [0.2, 0.25) is 0 Å². The second-order valence-corrected chi connectivity index (χ2v) is 22.4. The minimum atomic E-state index is -0.991. The summed E-state index contributed by atoms with van der Waals surface area (Å²) in [6.07, 6.45) is 12.2. The maximum atomic E-state index is 14.9. The van der Waals surface area contributed by atoms with Gasteiger partial charge in [-0.3, -0.25) is 38.4 Å². The number of carbonyl (C=O) groups excluding carboxylic acids is 8. The van der Waals surface area contributed by atoms with Crippen LogP contribution in [-0.2, 0) is 28.8 Å². The summed E-state index contributed by atoms with van der Waals surface area (Å²) in [5, 5.41) is 24.1. The van der Waals surface area contributed by atoms with E-state index in [0.29, 0.717) is 37.6 Å². The van der Waals surface area contributed by atoms with E-state index in [2.05, 4.69) is 52.5 Å². The highest BCUT2D eigenvalue weighted by molar-refractivity contribution is 5.97. The molecule has 4 fully saturated rings. The SMILES string of the molecule is CN[C@@H](C)C(=O)N[C@H](C(=O)N1C[C@@H](NC(=O)c2cnc(C(=O)N[C@H]3C[C@@H](C(=O)N[C@@H]4CCOc5ccccc54)N(C(=O)[C@@H](NC(=O)[C@H](C)NC)C4CCCCC4)C3)cn2)C[C@H]1C(=O)N[C@@H]1CCOc2ccccc21)C1CCCCC1. The van der Waals surface area contributed by atoms with Crippen molar-refractivity contribution in [2.75, 3.05) is 40.4 Å². The van der Waals surface area contributed by atoms with Gasteiger partial charge in [-0.1, -0.05) is 74.9 Å². The van der Waals surface area contributed by atoms with E-state index in [1.807, 2.05) is 48.5 Å². The lowest BCUT2D eigenvalue weighted by Gasteiger charge is -2.35. The molecule has 2 saturated heterocycles. The number of likely N-dealkylation sites (tertiary alicyclic amines) is 2. The van der Waals surface area contributed by atoms with Crippen LogP contribution in [0, 0.1) is 11.8 Å². The van der Waals surface area contributed by atoms with E-state index >= 15 is 0 Å². The molecule has 22 nitrogen and oxygen atoms in total. The number of amides is 8. The zero-order valence-corrected chi connectivity index (χ0v) is 46.3. The molecule has 8 amide bonds. The van der Waals surface area contributed by atoms with Crippen molar-refractivity contribution in [3.05, 3.63) is 83.4 Å². The number of hydrogen-bond acceptors (Lipinski definition) is 14. The smallest absolute Gasteiger partial charge is 0.271 e. The molecule has 0 bridgehead atoms. The van der Waals surface area contributed by atoms with E-state index in [1.165, 1.54) is 22.2 Å². The van der Waals surface area contributed by atoms with E-state index in [4.69, 9.17) is 9.47 Å². The Morgan fingerprint density at radius 3 is 1.29 bits per heavy atom. The van der Waals surface area contributed by atoms with Gasteiger partial charge in [0.1, 0.15) is 47.1 Å². The van der Waals surface area contributed by atoms with Crippen LogP contribution >= 0.6 is 0 Å². The minimum Gasteiger partial charge on any atom is -0.493 e. The van der Waals surface area contributed by atoms with Crippen LogP contribution in [0.1, 0.15) is 148 Å². The van der Waals surface area contributed by atoms with Crippen LogP contribution in [-0.4, -0.2) is 156 Å². The lowest BCUT2D eigenvalue weighted by atomic mass is 9.83. The van der Waals surface area contributed by atoms with Gasteiger partial charge in [0.15, 0.2) is 0 Å². The van der Waals surface area contributed by atoms with Gasteiger partial charge in [-0.25, -0.2) is 9.97 Å². The summed E-state index contributed by atoms with van der Waals surface area (Å²) >= 11 is 0. The van der Waals surface area contributed by atoms with Gasteiger partial charge in [-0.15, -0.1) is 0 Å². The molecular formula is C58H78N12O10. The van der Waals surface area contributed by atoms with Gasteiger partial charge in [0.05, 0.1) is 49.8 Å². The Morgan fingerprint density at radius 2 is 0.912 bits per heavy atom. The number of rotatable bonds is 18. The molecule has 0 unspecified atom stereocenters. The number of likely N-dealkylation sites (N-methyl/N-ethyl adjacent to an activating group) is 2. The fraction of sp³-hybridized carbons (Fsp3) is 0.586. The van der Waals surface area contributed by atoms with Gasteiger partial charge in [-0.2, -0.15) is 0 Å². The molecule has 2 aliphatic carbocycles. The molecule has 0 radical (unpaired) electrons. The molecule has 8 N–H and O–H groups in total. The molecule has 2 saturated carbocycles. The van der Waals surface area contributed by atoms with Gasteiger partial charge in [0.25, 0.3) is 11.8 Å². The molecule has 80 heavy (non-hydrogen) atoms. The van der Waals surface area contributed by atoms with Gasteiger partial charge < -0.3 is 61.8 Å². The monoisotopic (exact) mass is 1100 g/mol. The number of nitrogens with one attached hydrogen (secondary N) is 8. The number of benzene rings is 2. The standard InChI is InChI=1S/C58H78N12O10/c1-33(59-3)51(71)67-49(35-15-7-5-8-16-35)57(77)69-31-37(27-45(69)55(75)65-41-23-25-79-47-21-13-11-19-39(41)47)63-53(73)43-29-62-44(30-61-43)54(74)64-38-28-46(56(76)66-42-24-26-80-48-22-14-12-20-40(42)48)70(32-38)58(78)50(36-17-9-6-10-18-36)68-52(72)34(2)60-4/h11-14,19-22,29-30,33-38,41-42,45-46,49-50,59-60H,5-10,15-18,23-28,31-32H2,1-4H3,(H,63,73)(H,64,74)(H,65,75)(H,66,76)(H,67,71)(H,68,72)/t33-,34-,37-,38-,41+,42+,45-,46-,49-,50-/m0/s1. The van der Waals surface area contributed by atoms with Crippen molar-refractivity contribution in [3.8, 4) is 11.5 Å². The lowest BCUT2D eigenvalue weighted by molar-refractivity contribution is -0.143. The fourth-order valence-corrected chi connectivity index (χ4v) is 12.3. The largest absolute Gasteiger partial charge is 0.493 e. The third-order valence-corrected chi connectivity index (χ3v) is 17.1. The quantitative estimate of drug-likeness (QED) is 0.0910. The predicted molar refractivity (Wildman–Crippen MR) is 294 cm³/mol. The summed E-state index contributed by atoms with van der Waals surface area (Å²) in [7, 11) is 3.34. The molecule has 6 aliphatic rings. The number of ether oxygens (including phenoxy) is 2. The van der Waals surface area contributed by atoms with Crippen LogP contribution < -0.4 is 52.0 Å². The predicted octanol–water partition coefficient (Wildman–Crippen LogP) is 2.50. The van der Waals surface area contributed by atoms with E-state index in [9.17, 15) is 38.4 Å². The average molecular weight is 1100 g/mol. The highest BCUT2D eigenvalue weighted by Gasteiger charge is 2.47. The maximum Gasteiger partial charge on any atom is 0.271 e. The van der Waals surface area contributed by atoms with Crippen LogP contribution in [0.3, 0.4) is 0 Å². The molecule has 3 aromatic rings. The van der Waals surface area contributed by atoms with Crippen LogP contribution in [0.15, 0.2) is 60.9 Å². The number of para-hydroxylation sites is 2. The van der Waals surface area contributed by atoms with E-state index in [0.717, 1.165) is 75.3 Å². The fourth-order valence-electron chi connectivity index (χ4n) is 12.3. The molecule has 10 atom stereocenters. The Kier molecular flexibility index (Phi) is 19.0. The number of nitrogens with zero attached hydrogens (tertiary/aromatic N) is 4. The van der Waals surface area contributed by atoms with Crippen molar-refractivity contribution in [2.45, 2.75) is 164 Å². The van der Waals surface area contributed by atoms with Crippen molar-refractivity contribution in [2.24, 2.45) is 11.8 Å². The lowest BCUT2D eigenvalue weighted by Crippen LogP contribution is -2.58. The molecule has 5 heterocycles. The van der Waals surface area contributed by atoms with Crippen LogP contribution in [0.25, 0.3) is 0 Å². The average Bonchev–Trinajstić information content (AvgIpc) is 4.12. The minimum absolute atomic E-state index is 0.0211. The Balaban J connectivity index is 0.896. The van der Waals surface area contributed by atoms with E-state index < -0.39 is 83.8 Å². The first kappa shape index (κ1) is 57.5. The van der Waals surface area contributed by atoms with Gasteiger partial charge in [0.2, 0.25) is 35.4 Å². The highest BCUT2D eigenvalue weighted by atomic mass is 16.5. The molecule has 2 aromatic carbocycles. The first-order valence-electron chi connectivity index (χ1n) is 28.7. The zero-order chi connectivity index (χ0) is 56.5. The summed E-state index contributed by atoms with van der Waals surface area (Å²) < 4.78 is 11.7. The third kappa shape index (κ3) is 13.3. The van der Waals surface area contributed by atoms with E-state index in [1.54, 1.807) is 27.9 Å². The summed E-state index contributed by atoms with van der Waals surface area (Å²) in [5.41, 5.74) is 1.41. The van der Waals surface area contributed by atoms with Crippen LogP contribution in [0.4, 0.5) is 0 Å². The zero-order valence-electron chi connectivity index (χ0n) is 46.3. The van der Waals surface area contributed by atoms with Crippen molar-refractivity contribution >= 4 is 47.3 Å². The number of aromatic nitrogens is 2. The van der Waals surface area contributed by atoms with Gasteiger partial charge in [0, 0.05) is 49.1 Å². The van der Waals surface area contributed by atoms with Gasteiger partial charge in [-0.05, 0) is 90.4 Å². The van der Waals surface area contributed by atoms with Gasteiger partial charge >= 0.3 is 0 Å². The molecule has 4 aliphatic heterocycles. The van der Waals surface area contributed by atoms with E-state index in [-0.39, 0.29) is 73.1 Å². The summed E-state index contributed by atoms with van der Waals surface area (Å²) in [4.78, 5) is 125. The Labute approximate surface area is 467 Å². The Bertz CT molecular complexity index is 2550. The molecule has 0 spiro atoms. The molecular weight excluding hydrogens is 1020 g/mol. The van der Waals surface area contributed by atoms with Crippen molar-refractivity contribution in [3.63, 3.8) is 0 Å². The normalized spacial score (nSPS) is 24.4. The topological polar surface area (TPSA) is 284 Å². The van der Waals surface area contributed by atoms with Crippen molar-refractivity contribution in [1.82, 2.24) is 62.3 Å². The Hall–Kier alpha value is -7.20. The molecule has 9 rings (SSSR count). The summed E-state index contributed by atoms with van der Waals surface area (Å²) in [6.45, 7) is 4.17. The third-order valence-electron chi connectivity index (χ3n) is 17.1. The summed E-state index contributed by atoms with van der Waals surface area (Å²) in [5.74, 6) is -2.48. The number of fused-ring (bicyclic) bond motifs is 2. The molecule has 430 valence electrons. The van der Waals surface area contributed by atoms with Crippen LogP contribution in [0.5, 0.6) is 11.5 Å². The molecule has 1 aromatic heterocycles. The first-order chi connectivity index (χ1) is 38.7. The first-order valence-corrected chi connectivity index (χ1v) is 28.7. The molecule has 22 heteroatoms. The second kappa shape index (κ2) is 26.4. The number of carbonyl (C=O) groups is 8. The second-order valence-electron chi connectivity index (χ2n) is 22.4. The summed E-state index contributed by atoms with van der Waals surface area (Å²) in [6, 6.07) is 7.89.